The first-order chi connectivity index (χ1) is 7.66. The minimum Gasteiger partial charge on any atom is -0.392 e. The summed E-state index contributed by atoms with van der Waals surface area (Å²) < 4.78 is 0. The van der Waals surface area contributed by atoms with E-state index in [4.69, 9.17) is 18.0 Å². The van der Waals surface area contributed by atoms with Crippen LogP contribution in [0.3, 0.4) is 0 Å². The minimum atomic E-state index is 0.0340. The van der Waals surface area contributed by atoms with Crippen LogP contribution < -0.4 is 11.1 Å². The van der Waals surface area contributed by atoms with E-state index in [-0.39, 0.29) is 11.8 Å². The van der Waals surface area contributed by atoms with Crippen molar-refractivity contribution >= 4 is 23.1 Å². The van der Waals surface area contributed by atoms with E-state index in [0.29, 0.717) is 11.5 Å². The van der Waals surface area contributed by atoms with E-state index in [9.17, 15) is 4.79 Å². The van der Waals surface area contributed by atoms with Gasteiger partial charge in [-0.3, -0.25) is 4.79 Å². The summed E-state index contributed by atoms with van der Waals surface area (Å²) in [4.78, 5) is 12.1. The van der Waals surface area contributed by atoms with Gasteiger partial charge in [-0.2, -0.15) is 0 Å². The third-order valence-corrected chi connectivity index (χ3v) is 3.00. The van der Waals surface area contributed by atoms with E-state index in [2.05, 4.69) is 17.4 Å². The van der Waals surface area contributed by atoms with Gasteiger partial charge >= 0.3 is 0 Å². The fourth-order valence-electron chi connectivity index (χ4n) is 2.06. The summed E-state index contributed by atoms with van der Waals surface area (Å²) in [6, 6.07) is 8.18. The third kappa shape index (κ3) is 2.39. The molecule has 0 saturated carbocycles. The molecule has 0 bridgehead atoms. The maximum absolute atomic E-state index is 11.8. The van der Waals surface area contributed by atoms with Gasteiger partial charge in [-0.1, -0.05) is 36.5 Å². The van der Waals surface area contributed by atoms with Gasteiger partial charge < -0.3 is 11.1 Å². The maximum Gasteiger partial charge on any atom is 0.224 e. The molecule has 0 unspecified atom stereocenters. The van der Waals surface area contributed by atoms with Crippen LogP contribution in [0.25, 0.3) is 0 Å². The molecule has 3 nitrogen and oxygen atoms in total. The van der Waals surface area contributed by atoms with Gasteiger partial charge in [-0.15, -0.1) is 0 Å². The van der Waals surface area contributed by atoms with Gasteiger partial charge in [0.1, 0.15) is 0 Å². The van der Waals surface area contributed by atoms with Crippen LogP contribution >= 0.6 is 12.2 Å². The Morgan fingerprint density at radius 3 is 2.44 bits per heavy atom. The smallest absolute Gasteiger partial charge is 0.224 e. The first kappa shape index (κ1) is 11.1. The molecule has 3 N–H and O–H groups in total. The van der Waals surface area contributed by atoms with Crippen LogP contribution in [0.5, 0.6) is 0 Å². The predicted octanol–water partition coefficient (Wildman–Crippen LogP) is 0.804. The van der Waals surface area contributed by atoms with Crippen molar-refractivity contribution < 1.29 is 4.79 Å². The number of benzene rings is 1. The molecule has 0 atom stereocenters. The highest BCUT2D eigenvalue weighted by Gasteiger charge is 2.26. The Kier molecular flexibility index (Phi) is 3.19. The lowest BCUT2D eigenvalue weighted by Gasteiger charge is -2.09. The molecule has 0 saturated heterocycles. The van der Waals surface area contributed by atoms with Crippen molar-refractivity contribution in [1.82, 2.24) is 5.32 Å². The van der Waals surface area contributed by atoms with Crippen LogP contribution in [0.2, 0.25) is 0 Å². The summed E-state index contributed by atoms with van der Waals surface area (Å²) >= 11 is 4.72. The number of carbonyl (C=O) groups excluding carboxylic acids is 1. The Labute approximate surface area is 100 Å². The molecule has 0 heterocycles. The molecule has 0 radical (unpaired) electrons. The number of rotatable bonds is 3. The highest BCUT2D eigenvalue weighted by Crippen LogP contribution is 2.26. The summed E-state index contributed by atoms with van der Waals surface area (Å²) in [7, 11) is 0. The highest BCUT2D eigenvalue weighted by molar-refractivity contribution is 7.80. The first-order valence-corrected chi connectivity index (χ1v) is 5.70. The first-order valence-electron chi connectivity index (χ1n) is 5.29. The molecule has 1 amide bonds. The van der Waals surface area contributed by atoms with Crippen LogP contribution in [0, 0.1) is 5.92 Å². The molecule has 2 rings (SSSR count). The van der Waals surface area contributed by atoms with E-state index >= 15 is 0 Å². The molecule has 0 aromatic heterocycles. The second-order valence-corrected chi connectivity index (χ2v) is 4.58. The molecule has 0 spiro atoms. The van der Waals surface area contributed by atoms with E-state index in [1.54, 1.807) is 0 Å². The molecule has 4 heteroatoms. The Hall–Kier alpha value is -1.42. The molecule has 0 aliphatic heterocycles. The number of carbonyl (C=O) groups is 1. The van der Waals surface area contributed by atoms with E-state index in [1.807, 2.05) is 12.1 Å². The lowest BCUT2D eigenvalue weighted by atomic mass is 10.1. The van der Waals surface area contributed by atoms with Gasteiger partial charge in [-0.25, -0.2) is 0 Å². The van der Waals surface area contributed by atoms with Gasteiger partial charge in [0.2, 0.25) is 5.91 Å². The Balaban J connectivity index is 1.96. The molecule has 1 aromatic carbocycles. The van der Waals surface area contributed by atoms with Crippen molar-refractivity contribution in [3.05, 3.63) is 35.4 Å². The quantitative estimate of drug-likeness (QED) is 0.761. The monoisotopic (exact) mass is 234 g/mol. The third-order valence-electron chi connectivity index (χ3n) is 2.86. The summed E-state index contributed by atoms with van der Waals surface area (Å²) in [5.41, 5.74) is 7.89. The maximum atomic E-state index is 11.8. The number of nitrogens with two attached hydrogens (primary N) is 1. The summed E-state index contributed by atoms with van der Waals surface area (Å²) in [5.74, 6) is 0.0794. The molecule has 16 heavy (non-hydrogen) atoms. The van der Waals surface area contributed by atoms with Gasteiger partial charge in [0.25, 0.3) is 0 Å². The SMILES string of the molecule is NC(=S)CNC(=O)C1Cc2ccccc2C1. The predicted molar refractivity (Wildman–Crippen MR) is 67.1 cm³/mol. The molecule has 1 aliphatic rings. The summed E-state index contributed by atoms with van der Waals surface area (Å²) in [5, 5.41) is 2.75. The van der Waals surface area contributed by atoms with Crippen molar-refractivity contribution in [1.29, 1.82) is 0 Å². The van der Waals surface area contributed by atoms with E-state index < -0.39 is 0 Å². The second kappa shape index (κ2) is 4.61. The van der Waals surface area contributed by atoms with Crippen LogP contribution in [-0.2, 0) is 17.6 Å². The van der Waals surface area contributed by atoms with Crippen molar-refractivity contribution in [3.63, 3.8) is 0 Å². The summed E-state index contributed by atoms with van der Waals surface area (Å²) in [6.07, 6.45) is 1.64. The summed E-state index contributed by atoms with van der Waals surface area (Å²) in [6.45, 7) is 0.293. The van der Waals surface area contributed by atoms with Crippen LogP contribution in [0.15, 0.2) is 24.3 Å². The molecular weight excluding hydrogens is 220 g/mol. The van der Waals surface area contributed by atoms with Crippen molar-refractivity contribution in [2.75, 3.05) is 6.54 Å². The largest absolute Gasteiger partial charge is 0.392 e. The van der Waals surface area contributed by atoms with Crippen LogP contribution in [0.4, 0.5) is 0 Å². The average Bonchev–Trinajstić information content (AvgIpc) is 2.69. The fraction of sp³-hybridized carbons (Fsp3) is 0.333. The highest BCUT2D eigenvalue weighted by atomic mass is 32.1. The second-order valence-electron chi connectivity index (χ2n) is 4.06. The number of thiocarbonyl (C=S) groups is 1. The topological polar surface area (TPSA) is 55.1 Å². The Morgan fingerprint density at radius 1 is 1.38 bits per heavy atom. The molecule has 84 valence electrons. The number of nitrogens with one attached hydrogen (secondary N) is 1. The average molecular weight is 234 g/mol. The van der Waals surface area contributed by atoms with E-state index in [1.165, 1.54) is 11.1 Å². The molecule has 0 fully saturated rings. The van der Waals surface area contributed by atoms with Crippen LogP contribution in [-0.4, -0.2) is 17.4 Å². The van der Waals surface area contributed by atoms with Crippen molar-refractivity contribution in [3.8, 4) is 0 Å². The lowest BCUT2D eigenvalue weighted by molar-refractivity contribution is -0.124. The number of hydrogen-bond acceptors (Lipinski definition) is 2. The zero-order valence-corrected chi connectivity index (χ0v) is 9.72. The molecule has 1 aliphatic carbocycles. The zero-order valence-electron chi connectivity index (χ0n) is 8.90. The number of hydrogen-bond donors (Lipinski definition) is 2. The number of fused-ring (bicyclic) bond motifs is 1. The normalized spacial score (nSPS) is 14.5. The standard InChI is InChI=1S/C12H14N2OS/c13-11(16)7-14-12(15)10-5-8-3-1-2-4-9(8)6-10/h1-4,10H,5-7H2,(H2,13,16)(H,14,15). The Morgan fingerprint density at radius 2 is 1.94 bits per heavy atom. The van der Waals surface area contributed by atoms with Gasteiger partial charge in [0, 0.05) is 5.92 Å². The minimum absolute atomic E-state index is 0.0340. The number of amides is 1. The van der Waals surface area contributed by atoms with Gasteiger partial charge in [-0.05, 0) is 24.0 Å². The van der Waals surface area contributed by atoms with E-state index in [0.717, 1.165) is 12.8 Å². The lowest BCUT2D eigenvalue weighted by Crippen LogP contribution is -2.36. The van der Waals surface area contributed by atoms with Gasteiger partial charge in [0.15, 0.2) is 0 Å². The fourth-order valence-corrected chi connectivity index (χ4v) is 2.13. The zero-order chi connectivity index (χ0) is 11.5. The molecule has 1 aromatic rings. The molecular formula is C12H14N2OS. The Bertz CT molecular complexity index is 406. The van der Waals surface area contributed by atoms with Crippen LogP contribution in [0.1, 0.15) is 11.1 Å². The van der Waals surface area contributed by atoms with Gasteiger partial charge in [0.05, 0.1) is 11.5 Å². The van der Waals surface area contributed by atoms with Crippen molar-refractivity contribution in [2.24, 2.45) is 11.7 Å². The van der Waals surface area contributed by atoms with Crippen molar-refractivity contribution in [2.45, 2.75) is 12.8 Å².